The molecule has 4 rings (SSSR count). The molecule has 7 nitrogen and oxygen atoms in total. The second-order valence-electron chi connectivity index (χ2n) is 8.71. The molecule has 0 aliphatic carbocycles. The van der Waals surface area contributed by atoms with Gasteiger partial charge >= 0.3 is 0 Å². The van der Waals surface area contributed by atoms with E-state index in [9.17, 15) is 18.8 Å². The van der Waals surface area contributed by atoms with Crippen LogP contribution in [0.15, 0.2) is 114 Å². The predicted octanol–water partition coefficient (Wildman–Crippen LogP) is 6.36. The van der Waals surface area contributed by atoms with Crippen molar-refractivity contribution >= 4 is 46.9 Å². The van der Waals surface area contributed by atoms with Crippen LogP contribution in [-0.2, 0) is 9.59 Å². The van der Waals surface area contributed by atoms with E-state index in [2.05, 4.69) is 16.0 Å². The molecule has 9 heteroatoms. The molecule has 41 heavy (non-hydrogen) atoms. The fourth-order valence-corrected chi connectivity index (χ4v) is 4.43. The Kier molecular flexibility index (Phi) is 10.3. The van der Waals surface area contributed by atoms with Crippen LogP contribution in [0, 0.1) is 5.82 Å². The number of hydrogen-bond donors (Lipinski definition) is 3. The number of halogens is 1. The van der Waals surface area contributed by atoms with Crippen LogP contribution in [0.25, 0.3) is 6.08 Å². The summed E-state index contributed by atoms with van der Waals surface area (Å²) in [4.78, 5) is 39.3. The van der Waals surface area contributed by atoms with Crippen molar-refractivity contribution in [2.24, 2.45) is 0 Å². The molecule has 4 aromatic rings. The van der Waals surface area contributed by atoms with E-state index in [1.54, 1.807) is 72.8 Å². The maximum absolute atomic E-state index is 13.4. The molecule has 3 N–H and O–H groups in total. The van der Waals surface area contributed by atoms with Gasteiger partial charge in [0.1, 0.15) is 17.3 Å². The number of nitrogens with one attached hydrogen (secondary N) is 3. The molecule has 0 aromatic heterocycles. The highest BCUT2D eigenvalue weighted by Gasteiger charge is 2.15. The van der Waals surface area contributed by atoms with Gasteiger partial charge < -0.3 is 20.7 Å². The van der Waals surface area contributed by atoms with Crippen LogP contribution < -0.4 is 20.7 Å². The standard InChI is InChI=1S/C32H28FN3O4S/c1-2-40-27-17-15-25(16-18-27)34-30(37)21-41-28-10-6-9-26(20-28)35-32(39)29(19-22-11-13-24(33)14-12-22)36-31(38)23-7-4-3-5-8-23/h3-20H,2,21H2,1H3,(H,34,37)(H,35,39)(H,36,38)/b29-19-. The average Bonchev–Trinajstić information content (AvgIpc) is 2.98. The highest BCUT2D eigenvalue weighted by molar-refractivity contribution is 8.00. The normalized spacial score (nSPS) is 10.9. The molecule has 208 valence electrons. The van der Waals surface area contributed by atoms with Gasteiger partial charge in [-0.3, -0.25) is 14.4 Å². The van der Waals surface area contributed by atoms with Gasteiger partial charge in [0.2, 0.25) is 5.91 Å². The Bertz CT molecular complexity index is 1530. The summed E-state index contributed by atoms with van der Waals surface area (Å²) in [6, 6.07) is 28.2. The Morgan fingerprint density at radius 1 is 0.829 bits per heavy atom. The molecule has 0 atom stereocenters. The highest BCUT2D eigenvalue weighted by atomic mass is 32.2. The minimum atomic E-state index is -0.561. The van der Waals surface area contributed by atoms with Crippen molar-refractivity contribution in [3.8, 4) is 5.75 Å². The summed E-state index contributed by atoms with van der Waals surface area (Å²) < 4.78 is 18.8. The molecule has 0 saturated carbocycles. The van der Waals surface area contributed by atoms with Gasteiger partial charge in [-0.1, -0.05) is 36.4 Å². The molecule has 3 amide bonds. The monoisotopic (exact) mass is 569 g/mol. The van der Waals surface area contributed by atoms with Gasteiger partial charge in [-0.25, -0.2) is 4.39 Å². The molecule has 0 fully saturated rings. The Hall–Kier alpha value is -4.89. The quantitative estimate of drug-likeness (QED) is 0.144. The van der Waals surface area contributed by atoms with Gasteiger partial charge in [0.25, 0.3) is 11.8 Å². The second kappa shape index (κ2) is 14.5. The van der Waals surface area contributed by atoms with Crippen molar-refractivity contribution < 1.29 is 23.5 Å². The van der Waals surface area contributed by atoms with Crippen molar-refractivity contribution in [3.63, 3.8) is 0 Å². The topological polar surface area (TPSA) is 96.5 Å². The number of thioether (sulfide) groups is 1. The lowest BCUT2D eigenvalue weighted by atomic mass is 10.1. The van der Waals surface area contributed by atoms with Crippen molar-refractivity contribution in [2.75, 3.05) is 23.0 Å². The van der Waals surface area contributed by atoms with Crippen LogP contribution in [0.5, 0.6) is 5.75 Å². The number of benzene rings is 4. The molecular formula is C32H28FN3O4S. The Balaban J connectivity index is 1.41. The molecule has 0 spiro atoms. The Labute approximate surface area is 241 Å². The number of anilines is 2. The lowest BCUT2D eigenvalue weighted by Gasteiger charge is -2.12. The SMILES string of the molecule is CCOc1ccc(NC(=O)CSc2cccc(NC(=O)/C(=C/c3ccc(F)cc3)NC(=O)c3ccccc3)c2)cc1. The molecule has 4 aromatic carbocycles. The summed E-state index contributed by atoms with van der Waals surface area (Å²) >= 11 is 1.31. The average molecular weight is 570 g/mol. The number of rotatable bonds is 11. The zero-order valence-corrected chi connectivity index (χ0v) is 23.0. The van der Waals surface area contributed by atoms with Gasteiger partial charge in [0, 0.05) is 21.8 Å². The summed E-state index contributed by atoms with van der Waals surface area (Å²) in [5.41, 5.74) is 2.04. The fourth-order valence-electron chi connectivity index (χ4n) is 3.68. The van der Waals surface area contributed by atoms with Crippen molar-refractivity contribution in [2.45, 2.75) is 11.8 Å². The van der Waals surface area contributed by atoms with E-state index in [1.807, 2.05) is 13.0 Å². The maximum atomic E-state index is 13.4. The van der Waals surface area contributed by atoms with Gasteiger partial charge in [0.15, 0.2) is 0 Å². The van der Waals surface area contributed by atoms with E-state index in [4.69, 9.17) is 4.74 Å². The maximum Gasteiger partial charge on any atom is 0.272 e. The molecule has 0 heterocycles. The fraction of sp³-hybridized carbons (Fsp3) is 0.0938. The van der Waals surface area contributed by atoms with E-state index < -0.39 is 17.6 Å². The molecule has 0 aliphatic rings. The van der Waals surface area contributed by atoms with Gasteiger partial charge in [-0.15, -0.1) is 11.8 Å². The molecule has 0 unspecified atom stereocenters. The van der Waals surface area contributed by atoms with Crippen molar-refractivity contribution in [1.29, 1.82) is 0 Å². The zero-order valence-electron chi connectivity index (χ0n) is 22.2. The van der Waals surface area contributed by atoms with Crippen LogP contribution in [0.3, 0.4) is 0 Å². The third kappa shape index (κ3) is 9.08. The largest absolute Gasteiger partial charge is 0.494 e. The van der Waals surface area contributed by atoms with Crippen LogP contribution in [-0.4, -0.2) is 30.1 Å². The van der Waals surface area contributed by atoms with Gasteiger partial charge in [-0.05, 0) is 85.3 Å². The first-order valence-electron chi connectivity index (χ1n) is 12.8. The number of amides is 3. The molecule has 0 saturated heterocycles. The number of carbonyl (C=O) groups is 3. The van der Waals surface area contributed by atoms with E-state index in [0.29, 0.717) is 29.1 Å². The first kappa shape index (κ1) is 29.1. The summed E-state index contributed by atoms with van der Waals surface area (Å²) in [5, 5.41) is 8.29. The molecule has 0 radical (unpaired) electrons. The lowest BCUT2D eigenvalue weighted by molar-refractivity contribution is -0.114. The summed E-state index contributed by atoms with van der Waals surface area (Å²) in [7, 11) is 0. The van der Waals surface area contributed by atoms with E-state index in [1.165, 1.54) is 42.1 Å². The number of hydrogen-bond acceptors (Lipinski definition) is 5. The van der Waals surface area contributed by atoms with E-state index in [-0.39, 0.29) is 17.4 Å². The van der Waals surface area contributed by atoms with Crippen molar-refractivity contribution in [1.82, 2.24) is 5.32 Å². The smallest absolute Gasteiger partial charge is 0.272 e. The number of ether oxygens (including phenoxy) is 1. The van der Waals surface area contributed by atoms with Crippen LogP contribution >= 0.6 is 11.8 Å². The minimum Gasteiger partial charge on any atom is -0.494 e. The third-order valence-corrected chi connectivity index (χ3v) is 6.61. The van der Waals surface area contributed by atoms with Crippen LogP contribution in [0.2, 0.25) is 0 Å². The summed E-state index contributed by atoms with van der Waals surface area (Å²) in [5.74, 6) is -0.723. The van der Waals surface area contributed by atoms with Crippen LogP contribution in [0.1, 0.15) is 22.8 Å². The van der Waals surface area contributed by atoms with Crippen molar-refractivity contribution in [3.05, 3.63) is 126 Å². The minimum absolute atomic E-state index is 0.0155. The van der Waals surface area contributed by atoms with E-state index >= 15 is 0 Å². The molecule has 0 bridgehead atoms. The highest BCUT2D eigenvalue weighted by Crippen LogP contribution is 2.23. The first-order valence-corrected chi connectivity index (χ1v) is 13.8. The molecular weight excluding hydrogens is 541 g/mol. The zero-order chi connectivity index (χ0) is 29.0. The van der Waals surface area contributed by atoms with Crippen LogP contribution in [0.4, 0.5) is 15.8 Å². The van der Waals surface area contributed by atoms with Gasteiger partial charge in [-0.2, -0.15) is 0 Å². The summed E-state index contributed by atoms with van der Waals surface area (Å²) in [6.07, 6.45) is 1.47. The second-order valence-corrected chi connectivity index (χ2v) is 9.75. The number of carbonyl (C=O) groups excluding carboxylic acids is 3. The van der Waals surface area contributed by atoms with E-state index in [0.717, 1.165) is 10.6 Å². The Morgan fingerprint density at radius 3 is 2.27 bits per heavy atom. The third-order valence-electron chi connectivity index (χ3n) is 5.62. The lowest BCUT2D eigenvalue weighted by Crippen LogP contribution is -2.30. The summed E-state index contributed by atoms with van der Waals surface area (Å²) in [6.45, 7) is 2.47. The molecule has 0 aliphatic heterocycles. The predicted molar refractivity (Wildman–Crippen MR) is 160 cm³/mol. The van der Waals surface area contributed by atoms with Gasteiger partial charge in [0.05, 0.1) is 12.4 Å². The first-order chi connectivity index (χ1) is 19.9. The Morgan fingerprint density at radius 2 is 1.56 bits per heavy atom.